The van der Waals surface area contributed by atoms with Gasteiger partial charge in [-0.15, -0.1) is 0 Å². The van der Waals surface area contributed by atoms with E-state index in [-0.39, 0.29) is 0 Å². The minimum atomic E-state index is 0.363. The molecule has 0 amide bonds. The van der Waals surface area contributed by atoms with Crippen LogP contribution < -0.4 is 15.0 Å². The molecule has 36 heavy (non-hydrogen) atoms. The van der Waals surface area contributed by atoms with E-state index >= 15 is 0 Å². The van der Waals surface area contributed by atoms with Crippen molar-refractivity contribution in [2.24, 2.45) is 7.05 Å². The Hall–Kier alpha value is -3.66. The Morgan fingerprint density at radius 2 is 1.92 bits per heavy atom. The topological polar surface area (TPSA) is 88.6 Å². The standard InChI is InChI=1S/C26H33N9O/c1-4-33-8-6-21(33)17-36-23-16-30-32(3)25(23)19-5-10-35-22(11-19)12-24(31-35)27-15-20-7-9-34(20)26-28-13-18(2)14-29-26/h5,10-14,16,20-21H,4,6-9,15,17H2,1-3H3,(H,27,31)/t20-,21-/m1/s1. The first-order chi connectivity index (χ1) is 17.6. The highest BCUT2D eigenvalue weighted by atomic mass is 16.5. The van der Waals surface area contributed by atoms with E-state index in [4.69, 9.17) is 9.84 Å². The van der Waals surface area contributed by atoms with Crippen molar-refractivity contribution in [3.05, 3.63) is 48.5 Å². The average molecular weight is 488 g/mol. The summed E-state index contributed by atoms with van der Waals surface area (Å²) in [5.41, 5.74) is 4.14. The number of fused-ring (bicyclic) bond motifs is 1. The predicted octanol–water partition coefficient (Wildman–Crippen LogP) is 3.00. The minimum absolute atomic E-state index is 0.363. The van der Waals surface area contributed by atoms with Gasteiger partial charge >= 0.3 is 0 Å². The van der Waals surface area contributed by atoms with E-state index in [9.17, 15) is 0 Å². The van der Waals surface area contributed by atoms with Crippen LogP contribution in [0.4, 0.5) is 11.8 Å². The molecule has 10 heteroatoms. The number of pyridine rings is 1. The Labute approximate surface area is 210 Å². The van der Waals surface area contributed by atoms with Gasteiger partial charge in [-0.3, -0.25) is 9.58 Å². The summed E-state index contributed by atoms with van der Waals surface area (Å²) in [6, 6.07) is 7.15. The number of aromatic nitrogens is 6. The number of nitrogens with zero attached hydrogens (tertiary/aromatic N) is 8. The molecule has 4 aromatic rings. The molecule has 0 aliphatic carbocycles. The second kappa shape index (κ2) is 9.42. The Morgan fingerprint density at radius 3 is 2.64 bits per heavy atom. The van der Waals surface area contributed by atoms with E-state index < -0.39 is 0 Å². The molecule has 1 N–H and O–H groups in total. The number of hydrogen-bond donors (Lipinski definition) is 1. The van der Waals surface area contributed by atoms with Crippen molar-refractivity contribution in [1.82, 2.24) is 34.3 Å². The molecule has 0 saturated carbocycles. The van der Waals surface area contributed by atoms with Gasteiger partial charge in [-0.2, -0.15) is 10.2 Å². The van der Waals surface area contributed by atoms with Crippen LogP contribution in [-0.2, 0) is 7.05 Å². The molecule has 6 heterocycles. The maximum Gasteiger partial charge on any atom is 0.225 e. The fourth-order valence-electron chi connectivity index (χ4n) is 5.04. The zero-order valence-electron chi connectivity index (χ0n) is 21.1. The van der Waals surface area contributed by atoms with Crippen molar-refractivity contribution in [3.63, 3.8) is 0 Å². The van der Waals surface area contributed by atoms with Gasteiger partial charge in [0.25, 0.3) is 0 Å². The lowest BCUT2D eigenvalue weighted by molar-refractivity contribution is 0.0563. The summed E-state index contributed by atoms with van der Waals surface area (Å²) in [6.07, 6.45) is 9.86. The summed E-state index contributed by atoms with van der Waals surface area (Å²) >= 11 is 0. The SMILES string of the molecule is CCN1CC[C@@H]1COc1cnn(C)c1-c1ccn2nc(NC[C@H]3CCN3c3ncc(C)cn3)cc2c1. The Morgan fingerprint density at radius 1 is 1.08 bits per heavy atom. The second-order valence-corrected chi connectivity index (χ2v) is 9.75. The van der Waals surface area contributed by atoms with Crippen LogP contribution in [0.5, 0.6) is 5.75 Å². The normalized spacial score (nSPS) is 19.8. The van der Waals surface area contributed by atoms with E-state index in [1.807, 2.05) is 48.0 Å². The molecule has 2 saturated heterocycles. The molecular weight excluding hydrogens is 454 g/mol. The molecule has 0 bridgehead atoms. The van der Waals surface area contributed by atoms with Gasteiger partial charge in [0.2, 0.25) is 5.95 Å². The van der Waals surface area contributed by atoms with Crippen molar-refractivity contribution in [1.29, 1.82) is 0 Å². The Bertz CT molecular complexity index is 1340. The lowest BCUT2D eigenvalue weighted by Crippen LogP contribution is -2.52. The minimum Gasteiger partial charge on any atom is -0.488 e. The van der Waals surface area contributed by atoms with Crippen LogP contribution in [-0.4, -0.2) is 79.1 Å². The molecule has 2 aliphatic rings. The summed E-state index contributed by atoms with van der Waals surface area (Å²) in [5.74, 6) is 2.48. The van der Waals surface area contributed by atoms with Gasteiger partial charge in [0.1, 0.15) is 18.1 Å². The maximum absolute atomic E-state index is 6.23. The molecular formula is C26H33N9O. The number of likely N-dealkylation sites (N-methyl/N-ethyl adjacent to an activating group) is 1. The summed E-state index contributed by atoms with van der Waals surface area (Å²) in [5, 5.41) is 12.7. The molecule has 2 fully saturated rings. The van der Waals surface area contributed by atoms with Gasteiger partial charge in [-0.25, -0.2) is 14.5 Å². The summed E-state index contributed by atoms with van der Waals surface area (Å²) in [6.45, 7) is 8.91. The van der Waals surface area contributed by atoms with Gasteiger partial charge in [0.05, 0.1) is 17.8 Å². The van der Waals surface area contributed by atoms with Crippen LogP contribution >= 0.6 is 0 Å². The van der Waals surface area contributed by atoms with Crippen molar-refractivity contribution in [2.45, 2.75) is 38.8 Å². The van der Waals surface area contributed by atoms with Crippen molar-refractivity contribution >= 4 is 17.3 Å². The van der Waals surface area contributed by atoms with Crippen LogP contribution in [0.1, 0.15) is 25.3 Å². The number of aryl methyl sites for hydroxylation is 2. The molecule has 2 atom stereocenters. The maximum atomic E-state index is 6.23. The third kappa shape index (κ3) is 4.26. The number of rotatable bonds is 9. The molecule has 0 aromatic carbocycles. The van der Waals surface area contributed by atoms with Crippen molar-refractivity contribution in [2.75, 3.05) is 43.0 Å². The van der Waals surface area contributed by atoms with E-state index in [0.717, 1.165) is 72.5 Å². The number of likely N-dealkylation sites (tertiary alicyclic amines) is 1. The number of ether oxygens (including phenoxy) is 1. The van der Waals surface area contributed by atoms with Gasteiger partial charge < -0.3 is 15.0 Å². The quantitative estimate of drug-likeness (QED) is 0.386. The van der Waals surface area contributed by atoms with Crippen LogP contribution in [0, 0.1) is 6.92 Å². The summed E-state index contributed by atoms with van der Waals surface area (Å²) in [4.78, 5) is 13.6. The van der Waals surface area contributed by atoms with Crippen LogP contribution in [0.3, 0.4) is 0 Å². The third-order valence-electron chi connectivity index (χ3n) is 7.43. The first-order valence-corrected chi connectivity index (χ1v) is 12.8. The predicted molar refractivity (Wildman–Crippen MR) is 140 cm³/mol. The third-order valence-corrected chi connectivity index (χ3v) is 7.43. The molecule has 0 radical (unpaired) electrons. The van der Waals surface area contributed by atoms with Gasteiger partial charge in [0.15, 0.2) is 5.75 Å². The van der Waals surface area contributed by atoms with Gasteiger partial charge in [-0.05, 0) is 44.0 Å². The monoisotopic (exact) mass is 487 g/mol. The summed E-state index contributed by atoms with van der Waals surface area (Å²) < 4.78 is 10.0. The first kappa shape index (κ1) is 22.8. The number of nitrogens with one attached hydrogen (secondary N) is 1. The fourth-order valence-corrected chi connectivity index (χ4v) is 5.04. The average Bonchev–Trinajstić information content (AvgIpc) is 3.41. The second-order valence-electron chi connectivity index (χ2n) is 9.75. The highest BCUT2D eigenvalue weighted by Crippen LogP contribution is 2.31. The number of anilines is 2. The van der Waals surface area contributed by atoms with Gasteiger partial charge in [-0.1, -0.05) is 6.92 Å². The zero-order valence-corrected chi connectivity index (χ0v) is 21.1. The van der Waals surface area contributed by atoms with Crippen LogP contribution in [0.25, 0.3) is 16.8 Å². The van der Waals surface area contributed by atoms with Crippen LogP contribution in [0.2, 0.25) is 0 Å². The summed E-state index contributed by atoms with van der Waals surface area (Å²) in [7, 11) is 1.96. The first-order valence-electron chi connectivity index (χ1n) is 12.8. The van der Waals surface area contributed by atoms with E-state index in [1.165, 1.54) is 6.42 Å². The smallest absolute Gasteiger partial charge is 0.225 e. The van der Waals surface area contributed by atoms with Crippen molar-refractivity contribution < 1.29 is 4.74 Å². The van der Waals surface area contributed by atoms with E-state index in [0.29, 0.717) is 18.7 Å². The molecule has 0 unspecified atom stereocenters. The zero-order chi connectivity index (χ0) is 24.6. The highest BCUT2D eigenvalue weighted by Gasteiger charge is 2.30. The molecule has 6 rings (SSSR count). The Kier molecular flexibility index (Phi) is 5.96. The molecule has 10 nitrogen and oxygen atoms in total. The molecule has 0 spiro atoms. The van der Waals surface area contributed by atoms with E-state index in [1.54, 1.807) is 0 Å². The largest absolute Gasteiger partial charge is 0.488 e. The van der Waals surface area contributed by atoms with E-state index in [2.05, 4.69) is 55.3 Å². The van der Waals surface area contributed by atoms with Crippen LogP contribution in [0.15, 0.2) is 43.0 Å². The Balaban J connectivity index is 1.14. The highest BCUT2D eigenvalue weighted by molar-refractivity contribution is 5.72. The molecule has 2 aliphatic heterocycles. The van der Waals surface area contributed by atoms with Crippen molar-refractivity contribution in [3.8, 4) is 17.0 Å². The lowest BCUT2D eigenvalue weighted by atomic mass is 10.0. The molecule has 4 aromatic heterocycles. The fraction of sp³-hybridized carbons (Fsp3) is 0.462. The van der Waals surface area contributed by atoms with Gasteiger partial charge in [0, 0.05) is 62.9 Å². The molecule has 188 valence electrons. The lowest BCUT2D eigenvalue weighted by Gasteiger charge is -2.41. The number of hydrogen-bond acceptors (Lipinski definition) is 8.